The maximum Gasteiger partial charge on any atom is 0.328 e. The zero-order valence-electron chi connectivity index (χ0n) is 14.3. The van der Waals surface area contributed by atoms with Gasteiger partial charge in [0.2, 0.25) is 0 Å². The first-order valence-corrected chi connectivity index (χ1v) is 9.73. The van der Waals surface area contributed by atoms with Crippen LogP contribution in [0, 0.1) is 6.92 Å². The van der Waals surface area contributed by atoms with Crippen LogP contribution in [0.4, 0.5) is 5.82 Å². The number of hydrogen-bond acceptors (Lipinski definition) is 6. The summed E-state index contributed by atoms with van der Waals surface area (Å²) in [6, 6.07) is 5.50. The molecule has 0 atom stereocenters. The van der Waals surface area contributed by atoms with Gasteiger partial charge in [0.25, 0.3) is 0 Å². The fourth-order valence-corrected chi connectivity index (χ4v) is 4.12. The number of amides is 1. The van der Waals surface area contributed by atoms with Gasteiger partial charge in [0.05, 0.1) is 21.9 Å². The maximum absolute atomic E-state index is 11.6. The fraction of sp³-hybridized carbons (Fsp3) is 0.353. The molecule has 9 heteroatoms. The van der Waals surface area contributed by atoms with E-state index in [0.717, 1.165) is 21.4 Å². The lowest BCUT2D eigenvalue weighted by atomic mass is 9.88. The number of piperidine rings is 1. The molecule has 3 rings (SSSR count). The molecule has 1 amide bonds. The monoisotopic (exact) mass is 412 g/mol. The quantitative estimate of drug-likeness (QED) is 0.798. The van der Waals surface area contributed by atoms with E-state index < -0.39 is 5.54 Å². The van der Waals surface area contributed by atoms with E-state index >= 15 is 0 Å². The van der Waals surface area contributed by atoms with Crippen molar-refractivity contribution in [3.63, 3.8) is 0 Å². The Hall–Kier alpha value is -1.38. The number of carbonyl (C=O) groups is 1. The summed E-state index contributed by atoms with van der Waals surface area (Å²) in [7, 11) is 0. The van der Waals surface area contributed by atoms with Crippen LogP contribution in [0.3, 0.4) is 0 Å². The smallest absolute Gasteiger partial charge is 0.328 e. The number of benzene rings is 1. The van der Waals surface area contributed by atoms with E-state index in [-0.39, 0.29) is 5.91 Å². The number of aryl methyl sites for hydroxylation is 1. The SMILES string of the molecule is Cc1nc(N2CCC(N)(C([NH3+])=O)CC2)cnc1Sc1cccc(Cl)c1Cl. The topological polar surface area (TPSA) is 99.8 Å². The second kappa shape index (κ2) is 7.70. The zero-order valence-corrected chi connectivity index (χ0v) is 16.7. The van der Waals surface area contributed by atoms with Crippen LogP contribution in [0.1, 0.15) is 18.5 Å². The molecule has 0 unspecified atom stereocenters. The largest absolute Gasteiger partial charge is 0.355 e. The van der Waals surface area contributed by atoms with Crippen molar-refractivity contribution in [3.05, 3.63) is 40.1 Å². The van der Waals surface area contributed by atoms with Crippen molar-refractivity contribution in [1.82, 2.24) is 9.97 Å². The summed E-state index contributed by atoms with van der Waals surface area (Å²) < 4.78 is 0. The highest BCUT2D eigenvalue weighted by Crippen LogP contribution is 2.37. The van der Waals surface area contributed by atoms with Gasteiger partial charge in [-0.25, -0.2) is 14.8 Å². The number of nitrogens with two attached hydrogens (primary N) is 1. The Morgan fingerprint density at radius 1 is 1.35 bits per heavy atom. The number of quaternary nitrogens is 1. The molecule has 0 saturated carbocycles. The van der Waals surface area contributed by atoms with E-state index in [0.29, 0.717) is 36.0 Å². The first-order valence-electron chi connectivity index (χ1n) is 8.16. The van der Waals surface area contributed by atoms with Gasteiger partial charge in [0.1, 0.15) is 16.4 Å². The van der Waals surface area contributed by atoms with Crippen molar-refractivity contribution in [3.8, 4) is 0 Å². The molecule has 0 radical (unpaired) electrons. The molecule has 0 aliphatic carbocycles. The Balaban J connectivity index is 1.74. The third-order valence-electron chi connectivity index (χ3n) is 4.55. The molecule has 1 fully saturated rings. The second-order valence-electron chi connectivity index (χ2n) is 6.34. The Bertz CT molecular complexity index is 840. The lowest BCUT2D eigenvalue weighted by Gasteiger charge is -2.36. The molecule has 5 N–H and O–H groups in total. The van der Waals surface area contributed by atoms with Crippen LogP contribution in [0.15, 0.2) is 34.3 Å². The van der Waals surface area contributed by atoms with Crippen LogP contribution >= 0.6 is 35.0 Å². The molecule has 6 nitrogen and oxygen atoms in total. The van der Waals surface area contributed by atoms with E-state index in [2.05, 4.69) is 20.6 Å². The number of rotatable bonds is 4. The van der Waals surface area contributed by atoms with Gasteiger partial charge in [-0.3, -0.25) is 5.73 Å². The van der Waals surface area contributed by atoms with Crippen LogP contribution in [0.25, 0.3) is 0 Å². The molecular formula is C17H20Cl2N5OS+. The van der Waals surface area contributed by atoms with E-state index in [1.165, 1.54) is 11.8 Å². The van der Waals surface area contributed by atoms with Crippen molar-refractivity contribution in [1.29, 1.82) is 0 Å². The summed E-state index contributed by atoms with van der Waals surface area (Å²) in [4.78, 5) is 23.7. The van der Waals surface area contributed by atoms with E-state index in [1.807, 2.05) is 19.1 Å². The van der Waals surface area contributed by atoms with Gasteiger partial charge in [0.15, 0.2) is 0 Å². The maximum atomic E-state index is 11.6. The van der Waals surface area contributed by atoms with Crippen molar-refractivity contribution in [2.24, 2.45) is 5.73 Å². The van der Waals surface area contributed by atoms with Gasteiger partial charge in [-0.2, -0.15) is 0 Å². The van der Waals surface area contributed by atoms with E-state index in [1.54, 1.807) is 12.3 Å². The van der Waals surface area contributed by atoms with Gasteiger partial charge in [-0.05, 0) is 31.9 Å². The molecule has 0 spiro atoms. The van der Waals surface area contributed by atoms with Gasteiger partial charge < -0.3 is 10.6 Å². The number of nitrogens with zero attached hydrogens (tertiary/aromatic N) is 3. The first kappa shape index (κ1) is 19.4. The third kappa shape index (κ3) is 3.97. The van der Waals surface area contributed by atoms with Crippen LogP contribution in [0.5, 0.6) is 0 Å². The third-order valence-corrected chi connectivity index (χ3v) is 6.63. The minimum atomic E-state index is -0.821. The van der Waals surface area contributed by atoms with Crippen LogP contribution in [-0.2, 0) is 4.79 Å². The molecule has 0 bridgehead atoms. The Labute approximate surface area is 166 Å². The Kier molecular flexibility index (Phi) is 5.74. The number of hydrogen-bond donors (Lipinski definition) is 2. The molecule has 1 aliphatic heterocycles. The lowest BCUT2D eigenvalue weighted by Crippen LogP contribution is -2.73. The van der Waals surface area contributed by atoms with Crippen molar-refractivity contribution in [2.75, 3.05) is 18.0 Å². The van der Waals surface area contributed by atoms with Gasteiger partial charge >= 0.3 is 5.91 Å². The lowest BCUT2D eigenvalue weighted by molar-refractivity contribution is -0.313. The van der Waals surface area contributed by atoms with Crippen LogP contribution in [0.2, 0.25) is 10.0 Å². The Morgan fingerprint density at radius 3 is 2.65 bits per heavy atom. The summed E-state index contributed by atoms with van der Waals surface area (Å²) in [5.74, 6) is 0.576. The Morgan fingerprint density at radius 2 is 2.04 bits per heavy atom. The van der Waals surface area contributed by atoms with Crippen molar-refractivity contribution >= 4 is 46.7 Å². The first-order chi connectivity index (χ1) is 12.3. The molecule has 2 aromatic rings. The van der Waals surface area contributed by atoms with E-state index in [4.69, 9.17) is 28.9 Å². The molecule has 1 aromatic carbocycles. The number of aromatic nitrogens is 2. The number of anilines is 1. The molecular weight excluding hydrogens is 393 g/mol. The summed E-state index contributed by atoms with van der Waals surface area (Å²) >= 11 is 13.7. The second-order valence-corrected chi connectivity index (χ2v) is 8.15. The minimum absolute atomic E-state index is 0.204. The molecule has 26 heavy (non-hydrogen) atoms. The predicted octanol–water partition coefficient (Wildman–Crippen LogP) is 2.31. The van der Waals surface area contributed by atoms with Crippen LogP contribution in [-0.4, -0.2) is 34.5 Å². The molecule has 138 valence electrons. The average molecular weight is 413 g/mol. The molecule has 1 aromatic heterocycles. The summed E-state index contributed by atoms with van der Waals surface area (Å²) in [6.07, 6.45) is 2.86. The van der Waals surface area contributed by atoms with Crippen LogP contribution < -0.4 is 16.4 Å². The minimum Gasteiger partial charge on any atom is -0.355 e. The summed E-state index contributed by atoms with van der Waals surface area (Å²) in [5.41, 5.74) is 9.57. The predicted molar refractivity (Wildman–Crippen MR) is 104 cm³/mol. The number of carbonyl (C=O) groups excluding carboxylic acids is 1. The van der Waals surface area contributed by atoms with Gasteiger partial charge in [-0.1, -0.05) is 41.0 Å². The van der Waals surface area contributed by atoms with Gasteiger partial charge in [0, 0.05) is 18.0 Å². The molecule has 1 saturated heterocycles. The summed E-state index contributed by atoms with van der Waals surface area (Å²) in [6.45, 7) is 3.21. The summed E-state index contributed by atoms with van der Waals surface area (Å²) in [5, 5.41) is 1.80. The van der Waals surface area contributed by atoms with Crippen molar-refractivity contribution in [2.45, 2.75) is 35.2 Å². The zero-order chi connectivity index (χ0) is 18.9. The highest BCUT2D eigenvalue weighted by molar-refractivity contribution is 7.99. The highest BCUT2D eigenvalue weighted by atomic mass is 35.5. The normalized spacial score (nSPS) is 16.6. The molecule has 1 aliphatic rings. The average Bonchev–Trinajstić information content (AvgIpc) is 2.61. The fourth-order valence-electron chi connectivity index (χ4n) is 2.79. The standard InChI is InChI=1S/C17H19Cl2N5OS/c1-10-15(26-12-4-2-3-11(18)14(12)19)22-9-13(23-10)24-7-5-17(21,6-8-24)16(20)25/h2-4,9H,5-8,21H2,1H3,(H2,20,25)/p+1. The highest BCUT2D eigenvalue weighted by Gasteiger charge is 2.39. The van der Waals surface area contributed by atoms with Crippen molar-refractivity contribution < 1.29 is 10.5 Å². The molecule has 2 heterocycles. The van der Waals surface area contributed by atoms with Gasteiger partial charge in [-0.15, -0.1) is 0 Å². The number of halogens is 2. The van der Waals surface area contributed by atoms with E-state index in [9.17, 15) is 4.79 Å².